The molecule has 0 bridgehead atoms. The van der Waals surface area contributed by atoms with Gasteiger partial charge in [0.1, 0.15) is 0 Å². The maximum Gasteiger partial charge on any atom is 0.338 e. The number of rotatable bonds is 9. The fourth-order valence-electron chi connectivity index (χ4n) is 2.34. The van der Waals surface area contributed by atoms with Gasteiger partial charge in [0.15, 0.2) is 6.61 Å². The predicted molar refractivity (Wildman–Crippen MR) is 106 cm³/mol. The van der Waals surface area contributed by atoms with Crippen LogP contribution < -0.4 is 5.32 Å². The van der Waals surface area contributed by atoms with Gasteiger partial charge in [0, 0.05) is 6.54 Å². The molecule has 154 valence electrons. The molecule has 2 aromatic carbocycles. The van der Waals surface area contributed by atoms with Crippen molar-refractivity contribution < 1.29 is 28.6 Å². The number of methoxy groups -OCH3 is 1. The van der Waals surface area contributed by atoms with E-state index in [2.05, 4.69) is 10.1 Å². The van der Waals surface area contributed by atoms with Crippen molar-refractivity contribution in [1.82, 2.24) is 5.32 Å². The fourth-order valence-corrected chi connectivity index (χ4v) is 2.34. The number of carbonyl (C=O) groups excluding carboxylic acids is 3. The van der Waals surface area contributed by atoms with Crippen molar-refractivity contribution in [3.63, 3.8) is 0 Å². The Morgan fingerprint density at radius 2 is 1.41 bits per heavy atom. The molecule has 0 radical (unpaired) electrons. The second-order valence-electron chi connectivity index (χ2n) is 6.60. The van der Waals surface area contributed by atoms with Crippen LogP contribution in [0.25, 0.3) is 0 Å². The Kier molecular flexibility index (Phi) is 8.36. The first-order valence-corrected chi connectivity index (χ1v) is 9.20. The molecule has 0 saturated heterocycles. The van der Waals surface area contributed by atoms with Gasteiger partial charge in [-0.25, -0.2) is 9.59 Å². The van der Waals surface area contributed by atoms with Crippen molar-refractivity contribution in [2.24, 2.45) is 0 Å². The van der Waals surface area contributed by atoms with E-state index in [4.69, 9.17) is 9.47 Å². The Morgan fingerprint density at radius 1 is 0.862 bits per heavy atom. The van der Waals surface area contributed by atoms with E-state index in [1.54, 1.807) is 48.5 Å². The zero-order valence-corrected chi connectivity index (χ0v) is 16.8. The fraction of sp³-hybridized carbons (Fsp3) is 0.318. The number of esters is 2. The third kappa shape index (κ3) is 7.38. The second-order valence-corrected chi connectivity index (χ2v) is 6.60. The molecule has 0 aliphatic carbocycles. The summed E-state index contributed by atoms with van der Waals surface area (Å²) in [6.45, 7) is 4.25. The molecule has 0 spiro atoms. The first kappa shape index (κ1) is 22.1. The van der Waals surface area contributed by atoms with Crippen LogP contribution in [0.1, 0.15) is 45.7 Å². The summed E-state index contributed by atoms with van der Waals surface area (Å²) < 4.78 is 15.2. The number of amides is 1. The van der Waals surface area contributed by atoms with Crippen molar-refractivity contribution in [3.8, 4) is 0 Å². The average molecular weight is 399 g/mol. The zero-order valence-electron chi connectivity index (χ0n) is 16.8. The molecule has 1 amide bonds. The van der Waals surface area contributed by atoms with Crippen LogP contribution in [0.5, 0.6) is 0 Å². The van der Waals surface area contributed by atoms with Crippen molar-refractivity contribution in [2.45, 2.75) is 33.1 Å². The Labute approximate surface area is 170 Å². The minimum atomic E-state index is -0.570. The third-order valence-corrected chi connectivity index (χ3v) is 3.97. The van der Waals surface area contributed by atoms with Crippen LogP contribution in [0.4, 0.5) is 0 Å². The molecule has 0 atom stereocenters. The van der Waals surface area contributed by atoms with E-state index in [0.717, 1.165) is 11.1 Å². The topological polar surface area (TPSA) is 90.9 Å². The summed E-state index contributed by atoms with van der Waals surface area (Å²) in [5.41, 5.74) is 2.55. The summed E-state index contributed by atoms with van der Waals surface area (Å²) in [4.78, 5) is 35.3. The number of benzene rings is 2. The molecule has 0 aliphatic heterocycles. The second kappa shape index (κ2) is 11.0. The van der Waals surface area contributed by atoms with Gasteiger partial charge in [-0.2, -0.15) is 0 Å². The largest absolute Gasteiger partial charge is 0.465 e. The summed E-state index contributed by atoms with van der Waals surface area (Å²) in [7, 11) is 1.31. The van der Waals surface area contributed by atoms with E-state index in [0.29, 0.717) is 17.7 Å². The van der Waals surface area contributed by atoms with Gasteiger partial charge in [0.25, 0.3) is 5.91 Å². The first-order chi connectivity index (χ1) is 13.9. The third-order valence-electron chi connectivity index (χ3n) is 3.97. The maximum absolute atomic E-state index is 12.1. The summed E-state index contributed by atoms with van der Waals surface area (Å²) in [6, 6.07) is 13.5. The summed E-state index contributed by atoms with van der Waals surface area (Å²) in [6.07, 6.45) is 0.129. The van der Waals surface area contributed by atoms with Crippen LogP contribution in [-0.2, 0) is 32.2 Å². The number of nitrogens with one attached hydrogen (secondary N) is 1. The molecule has 7 heteroatoms. The number of carbonyl (C=O) groups is 3. The van der Waals surface area contributed by atoms with Gasteiger partial charge in [-0.05, 0) is 49.2 Å². The predicted octanol–water partition coefficient (Wildman–Crippen LogP) is 2.87. The highest BCUT2D eigenvalue weighted by atomic mass is 16.5. The zero-order chi connectivity index (χ0) is 21.2. The highest BCUT2D eigenvalue weighted by Crippen LogP contribution is 2.09. The Bertz CT molecular complexity index is 827. The van der Waals surface area contributed by atoms with Gasteiger partial charge < -0.3 is 19.5 Å². The monoisotopic (exact) mass is 399 g/mol. The average Bonchev–Trinajstić information content (AvgIpc) is 2.74. The van der Waals surface area contributed by atoms with Gasteiger partial charge in [-0.15, -0.1) is 0 Å². The van der Waals surface area contributed by atoms with Gasteiger partial charge in [-0.3, -0.25) is 4.79 Å². The van der Waals surface area contributed by atoms with Crippen LogP contribution in [0.15, 0.2) is 48.5 Å². The number of hydrogen-bond acceptors (Lipinski definition) is 6. The van der Waals surface area contributed by atoms with Crippen LogP contribution >= 0.6 is 0 Å². The number of hydrogen-bond donors (Lipinski definition) is 1. The van der Waals surface area contributed by atoms with Crippen molar-refractivity contribution in [1.29, 1.82) is 0 Å². The molecule has 29 heavy (non-hydrogen) atoms. The molecular weight excluding hydrogens is 374 g/mol. The van der Waals surface area contributed by atoms with Crippen molar-refractivity contribution in [2.75, 3.05) is 13.7 Å². The smallest absolute Gasteiger partial charge is 0.338 e. The lowest BCUT2D eigenvalue weighted by atomic mass is 10.1. The van der Waals surface area contributed by atoms with E-state index in [1.807, 2.05) is 13.8 Å². The summed E-state index contributed by atoms with van der Waals surface area (Å²) in [5.74, 6) is -1.41. The van der Waals surface area contributed by atoms with Gasteiger partial charge >= 0.3 is 11.9 Å². The van der Waals surface area contributed by atoms with Crippen molar-refractivity contribution >= 4 is 17.8 Å². The molecule has 7 nitrogen and oxygen atoms in total. The minimum absolute atomic E-state index is 0.129. The molecule has 2 rings (SSSR count). The van der Waals surface area contributed by atoms with E-state index >= 15 is 0 Å². The summed E-state index contributed by atoms with van der Waals surface area (Å²) >= 11 is 0. The molecule has 0 aliphatic rings. The maximum atomic E-state index is 12.1. The van der Waals surface area contributed by atoms with E-state index in [-0.39, 0.29) is 19.3 Å². The van der Waals surface area contributed by atoms with Crippen LogP contribution in [0.2, 0.25) is 0 Å². The lowest BCUT2D eigenvalue weighted by Crippen LogP contribution is -2.28. The Balaban J connectivity index is 1.75. The van der Waals surface area contributed by atoms with Gasteiger partial charge in [-0.1, -0.05) is 24.3 Å². The molecule has 0 saturated carbocycles. The summed E-state index contributed by atoms with van der Waals surface area (Å²) in [5, 5.41) is 2.66. The van der Waals surface area contributed by atoms with Crippen LogP contribution in [-0.4, -0.2) is 37.7 Å². The van der Waals surface area contributed by atoms with Gasteiger partial charge in [0.2, 0.25) is 0 Å². The molecule has 0 fully saturated rings. The van der Waals surface area contributed by atoms with Crippen molar-refractivity contribution in [3.05, 3.63) is 70.8 Å². The molecule has 0 unspecified atom stereocenters. The van der Waals surface area contributed by atoms with Crippen LogP contribution in [0, 0.1) is 0 Å². The Morgan fingerprint density at radius 3 is 1.97 bits per heavy atom. The molecule has 2 aromatic rings. The lowest BCUT2D eigenvalue weighted by molar-refractivity contribution is -0.124. The van der Waals surface area contributed by atoms with Gasteiger partial charge in [0.05, 0.1) is 30.9 Å². The molecule has 0 aromatic heterocycles. The van der Waals surface area contributed by atoms with Crippen LogP contribution in [0.3, 0.4) is 0 Å². The standard InChI is InChI=1S/C22H25NO6/c1-15(2)28-13-17-6-10-19(11-7-17)22(26)29-14-20(24)23-12-16-4-8-18(9-5-16)21(25)27-3/h4-11,15H,12-14H2,1-3H3,(H,23,24). The number of ether oxygens (including phenoxy) is 3. The molecular formula is C22H25NO6. The van der Waals surface area contributed by atoms with E-state index < -0.39 is 17.8 Å². The SMILES string of the molecule is COC(=O)c1ccc(CNC(=O)COC(=O)c2ccc(COC(C)C)cc2)cc1. The van der Waals surface area contributed by atoms with E-state index in [9.17, 15) is 14.4 Å². The normalized spacial score (nSPS) is 10.5. The quantitative estimate of drug-likeness (QED) is 0.652. The minimum Gasteiger partial charge on any atom is -0.465 e. The molecule has 1 N–H and O–H groups in total. The lowest BCUT2D eigenvalue weighted by Gasteiger charge is -2.09. The highest BCUT2D eigenvalue weighted by molar-refractivity contribution is 5.91. The Hall–Kier alpha value is -3.19. The first-order valence-electron chi connectivity index (χ1n) is 9.20. The van der Waals surface area contributed by atoms with E-state index in [1.165, 1.54) is 7.11 Å². The highest BCUT2D eigenvalue weighted by Gasteiger charge is 2.11. The molecule has 0 heterocycles.